The van der Waals surface area contributed by atoms with E-state index in [0.717, 1.165) is 19.5 Å². The first-order valence-corrected chi connectivity index (χ1v) is 4.87. The number of nitrogens with zero attached hydrogens (tertiary/aromatic N) is 1. The van der Waals surface area contributed by atoms with Gasteiger partial charge in [-0.3, -0.25) is 4.79 Å². The maximum absolute atomic E-state index is 11.5. The van der Waals surface area contributed by atoms with E-state index >= 15 is 0 Å². The second-order valence-corrected chi connectivity index (χ2v) is 3.75. The highest BCUT2D eigenvalue weighted by molar-refractivity contribution is 5.91. The molecule has 0 amide bonds. The van der Waals surface area contributed by atoms with Crippen LogP contribution in [-0.2, 0) is 9.53 Å². The molecule has 75 valence electrons. The standard InChI is InChI=1S/C11H14NO2/c1-12-7-6-10(8-12)14-11(13)9-4-2-3-5-9/h2-5,10H,6-8H2,1H3. The lowest BCUT2D eigenvalue weighted by atomic mass is 10.1. The van der Waals surface area contributed by atoms with Crippen LogP contribution in [-0.4, -0.2) is 37.1 Å². The van der Waals surface area contributed by atoms with E-state index < -0.39 is 0 Å². The number of hydrogen-bond acceptors (Lipinski definition) is 3. The van der Waals surface area contributed by atoms with Gasteiger partial charge in [-0.05, 0) is 39.2 Å². The molecular formula is C11H14NO2. The van der Waals surface area contributed by atoms with E-state index in [2.05, 4.69) is 4.90 Å². The van der Waals surface area contributed by atoms with Crippen LogP contribution in [0.4, 0.5) is 0 Å². The van der Waals surface area contributed by atoms with E-state index in [-0.39, 0.29) is 12.1 Å². The van der Waals surface area contributed by atoms with Crippen molar-refractivity contribution in [3.05, 3.63) is 31.6 Å². The lowest BCUT2D eigenvalue weighted by Crippen LogP contribution is -2.24. The van der Waals surface area contributed by atoms with E-state index in [1.807, 2.05) is 19.9 Å². The average Bonchev–Trinajstić information content (AvgIpc) is 2.75. The summed E-state index contributed by atoms with van der Waals surface area (Å²) in [4.78, 5) is 13.7. The molecule has 3 heteroatoms. The summed E-state index contributed by atoms with van der Waals surface area (Å²) < 4.78 is 5.35. The first-order valence-electron chi connectivity index (χ1n) is 4.87. The molecule has 3 nitrogen and oxygen atoms in total. The highest BCUT2D eigenvalue weighted by atomic mass is 16.5. The minimum Gasteiger partial charge on any atom is -0.460 e. The number of carbonyl (C=O) groups excluding carboxylic acids is 1. The zero-order chi connectivity index (χ0) is 9.97. The van der Waals surface area contributed by atoms with Gasteiger partial charge in [0, 0.05) is 13.1 Å². The van der Waals surface area contributed by atoms with Crippen LogP contribution in [0.1, 0.15) is 6.42 Å². The van der Waals surface area contributed by atoms with Gasteiger partial charge in [-0.2, -0.15) is 0 Å². The van der Waals surface area contributed by atoms with Crippen LogP contribution in [0.15, 0.2) is 0 Å². The van der Waals surface area contributed by atoms with Crippen LogP contribution in [0.3, 0.4) is 0 Å². The Hall–Kier alpha value is -0.570. The first-order chi connectivity index (χ1) is 6.75. The van der Waals surface area contributed by atoms with Crippen molar-refractivity contribution in [1.29, 1.82) is 0 Å². The van der Waals surface area contributed by atoms with Gasteiger partial charge in [0.2, 0.25) is 0 Å². The Morgan fingerprint density at radius 1 is 1.50 bits per heavy atom. The average molecular weight is 192 g/mol. The van der Waals surface area contributed by atoms with Crippen molar-refractivity contribution in [2.75, 3.05) is 20.1 Å². The third-order valence-corrected chi connectivity index (χ3v) is 2.52. The van der Waals surface area contributed by atoms with E-state index in [4.69, 9.17) is 4.74 Å². The predicted octanol–water partition coefficient (Wildman–Crippen LogP) is 0.639. The molecular weight excluding hydrogens is 178 g/mol. The van der Waals surface area contributed by atoms with E-state index in [1.165, 1.54) is 0 Å². The fourth-order valence-electron chi connectivity index (χ4n) is 1.72. The highest BCUT2D eigenvalue weighted by Gasteiger charge is 2.30. The molecule has 0 bridgehead atoms. The molecule has 2 fully saturated rings. The van der Waals surface area contributed by atoms with Gasteiger partial charge in [0.1, 0.15) is 6.10 Å². The third-order valence-electron chi connectivity index (χ3n) is 2.52. The van der Waals surface area contributed by atoms with Gasteiger partial charge in [-0.25, -0.2) is 0 Å². The summed E-state index contributed by atoms with van der Waals surface area (Å²) in [5, 5.41) is 0. The van der Waals surface area contributed by atoms with Gasteiger partial charge in [-0.15, -0.1) is 0 Å². The molecule has 0 aromatic rings. The summed E-state index contributed by atoms with van der Waals surface area (Å²) in [7, 11) is 2.04. The molecule has 0 aromatic carbocycles. The Morgan fingerprint density at radius 2 is 2.21 bits per heavy atom. The Balaban J connectivity index is 1.76. The normalized spacial score (nSPS) is 29.6. The van der Waals surface area contributed by atoms with Crippen LogP contribution in [0, 0.1) is 31.6 Å². The minimum atomic E-state index is -0.199. The van der Waals surface area contributed by atoms with Gasteiger partial charge in [0.15, 0.2) is 0 Å². The Bertz CT molecular complexity index is 211. The molecule has 0 aromatic heterocycles. The molecule has 1 saturated carbocycles. The monoisotopic (exact) mass is 192 g/mol. The minimum absolute atomic E-state index is 0.0717. The number of likely N-dealkylation sites (N-methyl/N-ethyl adjacent to an activating group) is 1. The van der Waals surface area contributed by atoms with E-state index in [1.54, 1.807) is 12.8 Å². The largest absolute Gasteiger partial charge is 0.460 e. The third kappa shape index (κ3) is 2.27. The molecule has 2 aliphatic rings. The predicted molar refractivity (Wildman–Crippen MR) is 52.4 cm³/mol. The van der Waals surface area contributed by atoms with E-state index in [0.29, 0.717) is 5.92 Å². The number of ether oxygens (including phenoxy) is 1. The van der Waals surface area contributed by atoms with Crippen molar-refractivity contribution in [3.8, 4) is 0 Å². The molecule has 1 aliphatic heterocycles. The molecule has 1 atom stereocenters. The van der Waals surface area contributed by atoms with Gasteiger partial charge in [0.25, 0.3) is 0 Å². The van der Waals surface area contributed by atoms with Gasteiger partial charge >= 0.3 is 5.97 Å². The van der Waals surface area contributed by atoms with Gasteiger partial charge in [0.05, 0.1) is 5.92 Å². The molecule has 0 N–H and O–H groups in total. The summed E-state index contributed by atoms with van der Waals surface area (Å²) in [6.45, 7) is 1.87. The maximum Gasteiger partial charge on any atom is 0.314 e. The number of likely N-dealkylation sites (tertiary alicyclic amines) is 1. The van der Waals surface area contributed by atoms with Crippen LogP contribution >= 0.6 is 0 Å². The molecule has 5 radical (unpaired) electrons. The van der Waals surface area contributed by atoms with Crippen LogP contribution in [0.25, 0.3) is 0 Å². The highest BCUT2D eigenvalue weighted by Crippen LogP contribution is 2.25. The molecule has 1 unspecified atom stereocenters. The fourth-order valence-corrected chi connectivity index (χ4v) is 1.72. The lowest BCUT2D eigenvalue weighted by molar-refractivity contribution is -0.145. The molecule has 2 rings (SSSR count). The Kier molecular flexibility index (Phi) is 3.06. The van der Waals surface area contributed by atoms with Gasteiger partial charge in [-0.1, -0.05) is 0 Å². The van der Waals surface area contributed by atoms with Crippen molar-refractivity contribution in [2.45, 2.75) is 12.5 Å². The zero-order valence-corrected chi connectivity index (χ0v) is 8.27. The molecule has 0 spiro atoms. The van der Waals surface area contributed by atoms with Crippen LogP contribution in [0.2, 0.25) is 0 Å². The molecule has 1 aliphatic carbocycles. The number of carbonyl (C=O) groups is 1. The quantitative estimate of drug-likeness (QED) is 0.601. The Labute approximate surface area is 85.4 Å². The smallest absolute Gasteiger partial charge is 0.314 e. The zero-order valence-electron chi connectivity index (χ0n) is 8.27. The number of hydrogen-bond donors (Lipinski definition) is 0. The maximum atomic E-state index is 11.5. The summed E-state index contributed by atoms with van der Waals surface area (Å²) >= 11 is 0. The summed E-state index contributed by atoms with van der Waals surface area (Å²) in [6, 6.07) is 0. The van der Waals surface area contributed by atoms with Crippen molar-refractivity contribution in [2.24, 2.45) is 0 Å². The van der Waals surface area contributed by atoms with Crippen molar-refractivity contribution in [1.82, 2.24) is 4.90 Å². The van der Waals surface area contributed by atoms with Crippen molar-refractivity contribution in [3.63, 3.8) is 0 Å². The molecule has 1 heterocycles. The fraction of sp³-hybridized carbons (Fsp3) is 0.455. The summed E-state index contributed by atoms with van der Waals surface area (Å²) in [6.07, 6.45) is 8.27. The van der Waals surface area contributed by atoms with Gasteiger partial charge < -0.3 is 9.64 Å². The summed E-state index contributed by atoms with van der Waals surface area (Å²) in [5.41, 5.74) is 0. The van der Waals surface area contributed by atoms with Crippen LogP contribution in [0.5, 0.6) is 0 Å². The second-order valence-electron chi connectivity index (χ2n) is 3.75. The second kappa shape index (κ2) is 4.30. The topological polar surface area (TPSA) is 29.5 Å². The van der Waals surface area contributed by atoms with Crippen molar-refractivity contribution < 1.29 is 9.53 Å². The van der Waals surface area contributed by atoms with Crippen molar-refractivity contribution >= 4 is 5.97 Å². The molecule has 14 heavy (non-hydrogen) atoms. The van der Waals surface area contributed by atoms with E-state index in [9.17, 15) is 4.79 Å². The lowest BCUT2D eigenvalue weighted by Gasteiger charge is -2.14. The Morgan fingerprint density at radius 3 is 2.79 bits per heavy atom. The SMILES string of the molecule is CN1CCC(OC(=O)[C]2[CH][CH][CH][CH]2)C1. The molecule has 1 saturated heterocycles. The number of esters is 1. The number of rotatable bonds is 2. The first kappa shape index (κ1) is 9.97. The summed E-state index contributed by atoms with van der Waals surface area (Å²) in [5.74, 6) is 0.454. The van der Waals surface area contributed by atoms with Crippen LogP contribution < -0.4 is 0 Å².